The van der Waals surface area contributed by atoms with Crippen LogP contribution in [-0.2, 0) is 4.74 Å². The molecule has 0 heterocycles. The molecule has 0 saturated heterocycles. The Morgan fingerprint density at radius 3 is 2.58 bits per heavy atom. The highest BCUT2D eigenvalue weighted by molar-refractivity contribution is 5.93. The molecule has 0 atom stereocenters. The topological polar surface area (TPSA) is 70.7 Å². The summed E-state index contributed by atoms with van der Waals surface area (Å²) in [5, 5.41) is 5.56. The molecule has 0 aliphatic carbocycles. The number of benzene rings is 2. The van der Waals surface area contributed by atoms with E-state index in [0.29, 0.717) is 24.3 Å². The summed E-state index contributed by atoms with van der Waals surface area (Å²) in [6, 6.07) is 14.6. The lowest BCUT2D eigenvalue weighted by Gasteiger charge is -2.23. The van der Waals surface area contributed by atoms with Crippen molar-refractivity contribution in [3.8, 4) is 0 Å². The van der Waals surface area contributed by atoms with Crippen molar-refractivity contribution < 1.29 is 14.3 Å². The number of aryl methyl sites for hydroxylation is 1. The van der Waals surface area contributed by atoms with Crippen LogP contribution in [0.2, 0.25) is 0 Å². The third-order valence-electron chi connectivity index (χ3n) is 3.96. The predicted octanol–water partition coefficient (Wildman–Crippen LogP) is 3.43. The molecule has 6 nitrogen and oxygen atoms in total. The van der Waals surface area contributed by atoms with Gasteiger partial charge in [0.2, 0.25) is 0 Å². The molecule has 0 aromatic heterocycles. The number of methoxy groups -OCH3 is 1. The number of amides is 2. The summed E-state index contributed by atoms with van der Waals surface area (Å²) in [6.45, 7) is 6.21. The van der Waals surface area contributed by atoms with Crippen molar-refractivity contribution in [2.45, 2.75) is 13.8 Å². The van der Waals surface area contributed by atoms with Crippen molar-refractivity contribution in [2.75, 3.05) is 37.0 Å². The van der Waals surface area contributed by atoms with E-state index in [1.165, 1.54) is 12.7 Å². The first kappa shape index (κ1) is 19.3. The van der Waals surface area contributed by atoms with Crippen LogP contribution in [0.4, 0.5) is 16.2 Å². The number of likely N-dealkylation sites (N-methyl/N-ethyl adjacent to an activating group) is 1. The van der Waals surface area contributed by atoms with Gasteiger partial charge < -0.3 is 20.3 Å². The van der Waals surface area contributed by atoms with Crippen molar-refractivity contribution in [1.82, 2.24) is 5.32 Å². The van der Waals surface area contributed by atoms with E-state index in [2.05, 4.69) is 52.3 Å². The van der Waals surface area contributed by atoms with Gasteiger partial charge in [-0.15, -0.1) is 0 Å². The lowest BCUT2D eigenvalue weighted by atomic mass is 10.2. The molecule has 2 rings (SSSR count). The number of rotatable bonds is 7. The fraction of sp³-hybridized carbons (Fsp3) is 0.300. The summed E-state index contributed by atoms with van der Waals surface area (Å²) in [5.74, 6) is -0.439. The molecule has 0 saturated carbocycles. The number of hydrogen-bond donors (Lipinski definition) is 2. The largest absolute Gasteiger partial charge is 0.465 e. The van der Waals surface area contributed by atoms with Gasteiger partial charge in [0.25, 0.3) is 0 Å². The van der Waals surface area contributed by atoms with Crippen LogP contribution in [0.3, 0.4) is 0 Å². The van der Waals surface area contributed by atoms with Gasteiger partial charge in [0.1, 0.15) is 0 Å². The second kappa shape index (κ2) is 9.46. The standard InChI is InChI=1S/C20H25N3O3/c1-4-23(18-10-5-7-15(2)13-18)12-11-21-20(25)22-17-9-6-8-16(14-17)19(24)26-3/h5-10,13-14H,4,11-12H2,1-3H3,(H2,21,22,25). The van der Waals surface area contributed by atoms with Gasteiger partial charge in [0, 0.05) is 31.0 Å². The summed E-state index contributed by atoms with van der Waals surface area (Å²) in [4.78, 5) is 25.8. The van der Waals surface area contributed by atoms with Gasteiger partial charge >= 0.3 is 12.0 Å². The lowest BCUT2D eigenvalue weighted by molar-refractivity contribution is 0.0600. The third-order valence-corrected chi connectivity index (χ3v) is 3.96. The number of urea groups is 1. The number of nitrogens with zero attached hydrogens (tertiary/aromatic N) is 1. The molecule has 26 heavy (non-hydrogen) atoms. The highest BCUT2D eigenvalue weighted by Crippen LogP contribution is 2.15. The fourth-order valence-electron chi connectivity index (χ4n) is 2.62. The van der Waals surface area contributed by atoms with E-state index in [0.717, 1.165) is 12.2 Å². The van der Waals surface area contributed by atoms with Crippen LogP contribution in [0.1, 0.15) is 22.8 Å². The highest BCUT2D eigenvalue weighted by Gasteiger charge is 2.08. The number of hydrogen-bond acceptors (Lipinski definition) is 4. The molecule has 2 N–H and O–H groups in total. The van der Waals surface area contributed by atoms with Gasteiger partial charge in [-0.3, -0.25) is 0 Å². The first-order valence-corrected chi connectivity index (χ1v) is 8.58. The Labute approximate surface area is 154 Å². The van der Waals surface area contributed by atoms with E-state index in [4.69, 9.17) is 0 Å². The average Bonchev–Trinajstić information content (AvgIpc) is 2.64. The minimum Gasteiger partial charge on any atom is -0.465 e. The van der Waals surface area contributed by atoms with E-state index < -0.39 is 5.97 Å². The smallest absolute Gasteiger partial charge is 0.337 e. The molecule has 0 unspecified atom stereocenters. The minimum absolute atomic E-state index is 0.313. The van der Waals surface area contributed by atoms with Gasteiger partial charge in [0.15, 0.2) is 0 Å². The van der Waals surface area contributed by atoms with Crippen molar-refractivity contribution >= 4 is 23.4 Å². The van der Waals surface area contributed by atoms with E-state index in [1.807, 2.05) is 6.07 Å². The Morgan fingerprint density at radius 2 is 1.88 bits per heavy atom. The maximum absolute atomic E-state index is 12.1. The number of anilines is 2. The number of ether oxygens (including phenoxy) is 1. The van der Waals surface area contributed by atoms with Crippen LogP contribution in [0, 0.1) is 6.92 Å². The Bertz CT molecular complexity index is 761. The first-order chi connectivity index (χ1) is 12.5. The summed E-state index contributed by atoms with van der Waals surface area (Å²) in [7, 11) is 1.32. The minimum atomic E-state index is -0.439. The number of nitrogens with one attached hydrogen (secondary N) is 2. The molecular weight excluding hydrogens is 330 g/mol. The molecule has 0 spiro atoms. The van der Waals surface area contributed by atoms with Crippen molar-refractivity contribution in [3.05, 3.63) is 59.7 Å². The van der Waals surface area contributed by atoms with Crippen LogP contribution in [0.25, 0.3) is 0 Å². The molecule has 0 radical (unpaired) electrons. The molecule has 0 aliphatic rings. The van der Waals surface area contributed by atoms with Gasteiger partial charge in [0.05, 0.1) is 12.7 Å². The normalized spacial score (nSPS) is 10.1. The zero-order valence-corrected chi connectivity index (χ0v) is 15.4. The molecule has 2 amide bonds. The van der Waals surface area contributed by atoms with Crippen LogP contribution >= 0.6 is 0 Å². The fourth-order valence-corrected chi connectivity index (χ4v) is 2.62. The van der Waals surface area contributed by atoms with E-state index in [1.54, 1.807) is 24.3 Å². The number of carbonyl (C=O) groups excluding carboxylic acids is 2. The summed E-state index contributed by atoms with van der Waals surface area (Å²) < 4.78 is 4.68. The second-order valence-corrected chi connectivity index (χ2v) is 5.87. The van der Waals surface area contributed by atoms with Gasteiger partial charge in [-0.25, -0.2) is 9.59 Å². The monoisotopic (exact) mass is 355 g/mol. The molecule has 0 aliphatic heterocycles. The maximum atomic E-state index is 12.1. The number of esters is 1. The lowest BCUT2D eigenvalue weighted by Crippen LogP contribution is -2.37. The van der Waals surface area contributed by atoms with Crippen LogP contribution in [0.15, 0.2) is 48.5 Å². The zero-order chi connectivity index (χ0) is 18.9. The number of carbonyl (C=O) groups is 2. The quantitative estimate of drug-likeness (QED) is 0.747. The Hall–Kier alpha value is -3.02. The molecule has 0 fully saturated rings. The molecular formula is C20H25N3O3. The van der Waals surface area contributed by atoms with Crippen LogP contribution in [0.5, 0.6) is 0 Å². The summed E-state index contributed by atoms with van der Waals surface area (Å²) in [6.07, 6.45) is 0. The molecule has 6 heteroatoms. The average molecular weight is 355 g/mol. The molecule has 138 valence electrons. The van der Waals surface area contributed by atoms with Crippen LogP contribution < -0.4 is 15.5 Å². The maximum Gasteiger partial charge on any atom is 0.337 e. The second-order valence-electron chi connectivity index (χ2n) is 5.87. The molecule has 0 bridgehead atoms. The van der Waals surface area contributed by atoms with Crippen molar-refractivity contribution in [2.24, 2.45) is 0 Å². The van der Waals surface area contributed by atoms with Crippen molar-refractivity contribution in [1.29, 1.82) is 0 Å². The zero-order valence-electron chi connectivity index (χ0n) is 15.4. The SMILES string of the molecule is CCN(CCNC(=O)Nc1cccc(C(=O)OC)c1)c1cccc(C)c1. The summed E-state index contributed by atoms with van der Waals surface area (Å²) in [5.41, 5.74) is 3.27. The van der Waals surface area contributed by atoms with Gasteiger partial charge in [-0.1, -0.05) is 18.2 Å². The first-order valence-electron chi connectivity index (χ1n) is 8.58. The van der Waals surface area contributed by atoms with Gasteiger partial charge in [-0.2, -0.15) is 0 Å². The molecule has 2 aromatic carbocycles. The predicted molar refractivity (Wildman–Crippen MR) is 104 cm³/mol. The highest BCUT2D eigenvalue weighted by atomic mass is 16.5. The molecule has 2 aromatic rings. The van der Waals surface area contributed by atoms with E-state index >= 15 is 0 Å². The Kier molecular flexibility index (Phi) is 7.02. The van der Waals surface area contributed by atoms with Crippen LogP contribution in [-0.4, -0.2) is 38.7 Å². The Balaban J connectivity index is 1.86. The summed E-state index contributed by atoms with van der Waals surface area (Å²) >= 11 is 0. The Morgan fingerprint density at radius 1 is 1.12 bits per heavy atom. The van der Waals surface area contributed by atoms with Gasteiger partial charge in [-0.05, 0) is 49.7 Å². The van der Waals surface area contributed by atoms with E-state index in [9.17, 15) is 9.59 Å². The van der Waals surface area contributed by atoms with E-state index in [-0.39, 0.29) is 6.03 Å². The van der Waals surface area contributed by atoms with Crippen molar-refractivity contribution in [3.63, 3.8) is 0 Å². The third kappa shape index (κ3) is 5.51.